The van der Waals surface area contributed by atoms with E-state index >= 15 is 0 Å². The van der Waals surface area contributed by atoms with E-state index in [1.54, 1.807) is 25.1 Å². The quantitative estimate of drug-likeness (QED) is 0.678. The Balaban J connectivity index is 1.70. The monoisotopic (exact) mass is 415 g/mol. The lowest BCUT2D eigenvalue weighted by Crippen LogP contribution is -2.35. The molecule has 0 aliphatic heterocycles. The van der Waals surface area contributed by atoms with E-state index in [9.17, 15) is 9.59 Å². The molecule has 0 bridgehead atoms. The normalized spacial score (nSPS) is 16.1. The molecule has 1 aromatic carbocycles. The van der Waals surface area contributed by atoms with Gasteiger partial charge in [0.1, 0.15) is 6.04 Å². The molecule has 3 aromatic rings. The fourth-order valence-corrected chi connectivity index (χ4v) is 4.12. The highest BCUT2D eigenvalue weighted by molar-refractivity contribution is 6.31. The van der Waals surface area contributed by atoms with Crippen LogP contribution in [0.2, 0.25) is 5.02 Å². The molecule has 1 fully saturated rings. The van der Waals surface area contributed by atoms with Crippen LogP contribution in [0.25, 0.3) is 10.9 Å². The molecule has 1 unspecified atom stereocenters. The van der Waals surface area contributed by atoms with Gasteiger partial charge in [-0.2, -0.15) is 0 Å². The highest BCUT2D eigenvalue weighted by Crippen LogP contribution is 2.31. The van der Waals surface area contributed by atoms with Gasteiger partial charge in [-0.25, -0.2) is 4.98 Å². The molecule has 0 radical (unpaired) electrons. The molecule has 29 heavy (non-hydrogen) atoms. The smallest absolute Gasteiger partial charge is 0.322 e. The zero-order valence-corrected chi connectivity index (χ0v) is 16.9. The van der Waals surface area contributed by atoms with Gasteiger partial charge in [-0.1, -0.05) is 48.8 Å². The van der Waals surface area contributed by atoms with E-state index in [4.69, 9.17) is 16.0 Å². The van der Waals surface area contributed by atoms with Crippen molar-refractivity contribution in [3.63, 3.8) is 0 Å². The molecule has 0 saturated heterocycles. The van der Waals surface area contributed by atoms with Crippen molar-refractivity contribution in [3.8, 4) is 0 Å². The van der Waals surface area contributed by atoms with Crippen LogP contribution in [0, 0.1) is 12.8 Å². The van der Waals surface area contributed by atoms with E-state index in [1.165, 1.54) is 17.3 Å². The third-order valence-corrected chi connectivity index (χ3v) is 5.66. The van der Waals surface area contributed by atoms with Gasteiger partial charge in [0, 0.05) is 11.9 Å². The molecule has 0 spiro atoms. The van der Waals surface area contributed by atoms with Crippen molar-refractivity contribution in [2.75, 3.05) is 5.32 Å². The number of fused-ring (bicyclic) bond motifs is 1. The Hall–Kier alpha value is -2.74. The summed E-state index contributed by atoms with van der Waals surface area (Å²) in [7, 11) is 0. The minimum absolute atomic E-state index is 0.0194. The first-order valence-electron chi connectivity index (χ1n) is 9.78. The number of anilines is 1. The first kappa shape index (κ1) is 19.6. The van der Waals surface area contributed by atoms with E-state index in [2.05, 4.69) is 20.5 Å². The number of nitrogens with one attached hydrogen (secondary N) is 1. The fourth-order valence-electron chi connectivity index (χ4n) is 3.95. The third kappa shape index (κ3) is 4.32. The lowest BCUT2D eigenvalue weighted by Gasteiger charge is -2.26. The van der Waals surface area contributed by atoms with Crippen LogP contribution in [0.15, 0.2) is 33.7 Å². The van der Waals surface area contributed by atoms with Crippen LogP contribution in [-0.2, 0) is 4.79 Å². The minimum atomic E-state index is -0.728. The van der Waals surface area contributed by atoms with Gasteiger partial charge >= 0.3 is 6.01 Å². The first-order chi connectivity index (χ1) is 14.0. The van der Waals surface area contributed by atoms with Gasteiger partial charge in [-0.3, -0.25) is 19.5 Å². The Morgan fingerprint density at radius 3 is 2.83 bits per heavy atom. The molecule has 1 N–H and O–H groups in total. The summed E-state index contributed by atoms with van der Waals surface area (Å²) in [5.74, 6) is 0.346. The average molecular weight is 416 g/mol. The Bertz CT molecular complexity index is 1090. The van der Waals surface area contributed by atoms with Crippen molar-refractivity contribution in [3.05, 3.63) is 45.8 Å². The van der Waals surface area contributed by atoms with Gasteiger partial charge in [0.25, 0.3) is 11.5 Å². The maximum Gasteiger partial charge on any atom is 0.322 e. The van der Waals surface area contributed by atoms with Crippen molar-refractivity contribution in [2.45, 2.75) is 51.5 Å². The van der Waals surface area contributed by atoms with Crippen LogP contribution in [0.3, 0.4) is 0 Å². The van der Waals surface area contributed by atoms with E-state index in [0.29, 0.717) is 34.2 Å². The third-order valence-electron chi connectivity index (χ3n) is 5.42. The molecule has 1 aliphatic carbocycles. The standard InChI is InChI=1S/C20H22ClN5O3/c1-12-24-25-20(29-12)23-18(27)17(9-13-5-3-2-4-6-13)26-11-22-16-8-7-14(21)10-15(16)19(26)28/h7-8,10-11,13,17H,2-6,9H2,1H3,(H,23,25,27). The van der Waals surface area contributed by atoms with Crippen LogP contribution in [0.1, 0.15) is 50.5 Å². The predicted molar refractivity (Wildman–Crippen MR) is 109 cm³/mol. The number of carbonyl (C=O) groups is 1. The lowest BCUT2D eigenvalue weighted by molar-refractivity contribution is -0.120. The summed E-state index contributed by atoms with van der Waals surface area (Å²) in [6, 6.07) is 4.25. The summed E-state index contributed by atoms with van der Waals surface area (Å²) in [5.41, 5.74) is 0.246. The Kier molecular flexibility index (Phi) is 5.62. The highest BCUT2D eigenvalue weighted by Gasteiger charge is 2.28. The van der Waals surface area contributed by atoms with Gasteiger partial charge in [0.15, 0.2) is 0 Å². The van der Waals surface area contributed by atoms with E-state index in [0.717, 1.165) is 25.7 Å². The SMILES string of the molecule is Cc1nnc(NC(=O)C(CC2CCCCC2)n2cnc3ccc(Cl)cc3c2=O)o1. The number of aromatic nitrogens is 4. The van der Waals surface area contributed by atoms with Gasteiger partial charge in [0.2, 0.25) is 5.89 Å². The number of rotatable bonds is 5. The van der Waals surface area contributed by atoms with Gasteiger partial charge in [-0.15, -0.1) is 5.10 Å². The predicted octanol–water partition coefficient (Wildman–Crippen LogP) is 3.89. The number of hydrogen-bond donors (Lipinski definition) is 1. The summed E-state index contributed by atoms with van der Waals surface area (Å²) >= 11 is 6.07. The zero-order chi connectivity index (χ0) is 20.4. The number of halogens is 1. The van der Waals surface area contributed by atoms with Crippen molar-refractivity contribution in [1.29, 1.82) is 0 Å². The van der Waals surface area contributed by atoms with Crippen molar-refractivity contribution >= 4 is 34.4 Å². The number of carbonyl (C=O) groups excluding carboxylic acids is 1. The molecule has 1 amide bonds. The molecule has 9 heteroatoms. The molecule has 4 rings (SSSR count). The van der Waals surface area contributed by atoms with Crippen LogP contribution >= 0.6 is 11.6 Å². The number of nitrogens with zero attached hydrogens (tertiary/aromatic N) is 4. The number of benzene rings is 1. The number of amides is 1. The lowest BCUT2D eigenvalue weighted by atomic mass is 9.84. The highest BCUT2D eigenvalue weighted by atomic mass is 35.5. The summed E-state index contributed by atoms with van der Waals surface area (Å²) in [4.78, 5) is 30.6. The molecular weight excluding hydrogens is 394 g/mol. The molecule has 8 nitrogen and oxygen atoms in total. The average Bonchev–Trinajstić information content (AvgIpc) is 3.12. The van der Waals surface area contributed by atoms with Crippen LogP contribution in [-0.4, -0.2) is 25.7 Å². The second kappa shape index (κ2) is 8.32. The number of aryl methyl sites for hydroxylation is 1. The second-order valence-corrected chi connectivity index (χ2v) is 7.93. The van der Waals surface area contributed by atoms with Crippen molar-refractivity contribution in [1.82, 2.24) is 19.7 Å². The summed E-state index contributed by atoms with van der Waals surface area (Å²) in [6.45, 7) is 1.64. The maximum atomic E-state index is 13.2. The molecule has 1 aliphatic rings. The number of hydrogen-bond acceptors (Lipinski definition) is 6. The van der Waals surface area contributed by atoms with Gasteiger partial charge < -0.3 is 4.42 Å². The van der Waals surface area contributed by atoms with E-state index in [-0.39, 0.29) is 17.5 Å². The minimum Gasteiger partial charge on any atom is -0.408 e. The van der Waals surface area contributed by atoms with Gasteiger partial charge in [0.05, 0.1) is 17.2 Å². The molecule has 1 atom stereocenters. The fraction of sp³-hybridized carbons (Fsp3) is 0.450. The molecular formula is C20H22ClN5O3. The van der Waals surface area contributed by atoms with Crippen molar-refractivity contribution in [2.24, 2.45) is 5.92 Å². The Morgan fingerprint density at radius 1 is 1.31 bits per heavy atom. The molecule has 2 heterocycles. The largest absolute Gasteiger partial charge is 0.408 e. The molecule has 1 saturated carbocycles. The van der Waals surface area contributed by atoms with Crippen molar-refractivity contribution < 1.29 is 9.21 Å². The maximum absolute atomic E-state index is 13.2. The van der Waals surface area contributed by atoms with Crippen LogP contribution in [0.4, 0.5) is 6.01 Å². The Labute approximate surface area is 172 Å². The summed E-state index contributed by atoms with van der Waals surface area (Å²) in [5, 5.41) is 11.0. The topological polar surface area (TPSA) is 103 Å². The summed E-state index contributed by atoms with van der Waals surface area (Å²) < 4.78 is 6.67. The zero-order valence-electron chi connectivity index (χ0n) is 16.1. The van der Waals surface area contributed by atoms with Gasteiger partial charge in [-0.05, 0) is 30.5 Å². The van der Waals surface area contributed by atoms with Crippen LogP contribution in [0.5, 0.6) is 0 Å². The van der Waals surface area contributed by atoms with Crippen LogP contribution < -0.4 is 10.9 Å². The molecule has 152 valence electrons. The molecule has 2 aromatic heterocycles. The summed E-state index contributed by atoms with van der Waals surface area (Å²) in [6.07, 6.45) is 7.57. The first-order valence-corrected chi connectivity index (χ1v) is 10.2. The Morgan fingerprint density at radius 2 is 2.10 bits per heavy atom. The van der Waals surface area contributed by atoms with E-state index in [1.807, 2.05) is 0 Å². The second-order valence-electron chi connectivity index (χ2n) is 7.49. The van der Waals surface area contributed by atoms with E-state index < -0.39 is 6.04 Å².